The van der Waals surface area contributed by atoms with Gasteiger partial charge in [-0.25, -0.2) is 4.39 Å². The van der Waals surface area contributed by atoms with Crippen molar-refractivity contribution >= 4 is 17.5 Å². The smallest absolute Gasteiger partial charge is 0.241 e. The topological polar surface area (TPSA) is 52.7 Å². The lowest BCUT2D eigenvalue weighted by atomic mass is 9.94. The third-order valence-corrected chi connectivity index (χ3v) is 5.32. The van der Waals surface area contributed by atoms with Crippen LogP contribution in [-0.2, 0) is 9.59 Å². The summed E-state index contributed by atoms with van der Waals surface area (Å²) in [6.07, 6.45) is 3.82. The minimum atomic E-state index is -0.369. The minimum Gasteiger partial charge on any atom is -0.342 e. The number of amides is 2. The number of carbonyl (C=O) groups is 2. The molecule has 1 aromatic carbocycles. The average Bonchev–Trinajstić information content (AvgIpc) is 3.15. The Hall–Kier alpha value is -1.95. The van der Waals surface area contributed by atoms with Crippen molar-refractivity contribution in [3.8, 4) is 0 Å². The summed E-state index contributed by atoms with van der Waals surface area (Å²) in [6, 6.07) is 5.61. The highest BCUT2D eigenvalue weighted by atomic mass is 19.1. The molecule has 1 atom stereocenters. The first-order chi connectivity index (χ1) is 12.0. The van der Waals surface area contributed by atoms with E-state index in [1.165, 1.54) is 12.1 Å². The summed E-state index contributed by atoms with van der Waals surface area (Å²) in [7, 11) is 0. The summed E-state index contributed by atoms with van der Waals surface area (Å²) in [5.41, 5.74) is 0.468. The molecule has 2 amide bonds. The fraction of sp³-hybridized carbons (Fsp3) is 0.579. The first kappa shape index (κ1) is 17.9. The van der Waals surface area contributed by atoms with Crippen LogP contribution in [0.4, 0.5) is 10.1 Å². The van der Waals surface area contributed by atoms with Crippen molar-refractivity contribution in [2.75, 3.05) is 31.5 Å². The third kappa shape index (κ3) is 4.37. The van der Waals surface area contributed by atoms with Crippen molar-refractivity contribution in [1.29, 1.82) is 0 Å². The molecule has 0 aromatic heterocycles. The van der Waals surface area contributed by atoms with Gasteiger partial charge >= 0.3 is 0 Å². The average molecular weight is 347 g/mol. The molecule has 0 spiro atoms. The number of likely N-dealkylation sites (tertiary alicyclic amines) is 2. The van der Waals surface area contributed by atoms with Crippen LogP contribution in [0.5, 0.6) is 0 Å². The Balaban J connectivity index is 1.49. The molecule has 25 heavy (non-hydrogen) atoms. The first-order valence-electron chi connectivity index (χ1n) is 9.14. The number of nitrogens with one attached hydrogen (secondary N) is 1. The second-order valence-electron chi connectivity index (χ2n) is 7.02. The maximum absolute atomic E-state index is 13.2. The van der Waals surface area contributed by atoms with Gasteiger partial charge in [-0.05, 0) is 63.9 Å². The van der Waals surface area contributed by atoms with Gasteiger partial charge in [0, 0.05) is 24.7 Å². The maximum atomic E-state index is 13.2. The maximum Gasteiger partial charge on any atom is 0.241 e. The molecule has 3 rings (SSSR count). The number of piperidine rings is 1. The van der Waals surface area contributed by atoms with Crippen LogP contribution in [-0.4, -0.2) is 53.8 Å². The van der Waals surface area contributed by atoms with E-state index in [0.717, 1.165) is 51.9 Å². The van der Waals surface area contributed by atoms with Gasteiger partial charge in [-0.2, -0.15) is 0 Å². The zero-order valence-corrected chi connectivity index (χ0v) is 14.7. The lowest BCUT2D eigenvalue weighted by Crippen LogP contribution is -2.48. The summed E-state index contributed by atoms with van der Waals surface area (Å²) in [5.74, 6) is -0.136. The molecule has 2 saturated heterocycles. The quantitative estimate of drug-likeness (QED) is 0.910. The van der Waals surface area contributed by atoms with Crippen LogP contribution in [0.25, 0.3) is 0 Å². The van der Waals surface area contributed by atoms with Gasteiger partial charge in [-0.1, -0.05) is 6.07 Å². The van der Waals surface area contributed by atoms with Crippen molar-refractivity contribution in [1.82, 2.24) is 9.80 Å². The molecule has 6 heteroatoms. The Morgan fingerprint density at radius 3 is 2.48 bits per heavy atom. The molecule has 1 aromatic rings. The predicted octanol–water partition coefficient (Wildman–Crippen LogP) is 2.49. The molecule has 2 aliphatic rings. The molecule has 0 aliphatic carbocycles. The second-order valence-corrected chi connectivity index (χ2v) is 7.02. The minimum absolute atomic E-state index is 0.0906. The van der Waals surface area contributed by atoms with E-state index in [2.05, 4.69) is 10.2 Å². The van der Waals surface area contributed by atoms with E-state index in [-0.39, 0.29) is 29.6 Å². The normalized spacial score (nSPS) is 20.5. The van der Waals surface area contributed by atoms with Crippen LogP contribution in [0, 0.1) is 11.7 Å². The van der Waals surface area contributed by atoms with Crippen LogP contribution in [0.3, 0.4) is 0 Å². The van der Waals surface area contributed by atoms with Crippen LogP contribution >= 0.6 is 0 Å². The third-order valence-electron chi connectivity index (χ3n) is 5.32. The molecular formula is C19H26FN3O2. The van der Waals surface area contributed by atoms with Crippen LogP contribution in [0.1, 0.15) is 32.6 Å². The Labute approximate surface area is 148 Å². The van der Waals surface area contributed by atoms with Gasteiger partial charge in [0.05, 0.1) is 6.04 Å². The molecule has 0 bridgehead atoms. The molecule has 2 fully saturated rings. The summed E-state index contributed by atoms with van der Waals surface area (Å²) in [6.45, 7) is 5.12. The standard InChI is InChI=1S/C19H26FN3O2/c1-14(18(24)21-17-6-4-5-16(20)13-17)22-11-7-15(8-12-22)19(25)23-9-2-3-10-23/h4-6,13-15H,2-3,7-12H2,1H3,(H,21,24). The number of benzene rings is 1. The first-order valence-corrected chi connectivity index (χ1v) is 9.14. The van der Waals surface area contributed by atoms with Crippen molar-refractivity contribution < 1.29 is 14.0 Å². The summed E-state index contributed by atoms with van der Waals surface area (Å²) < 4.78 is 13.2. The van der Waals surface area contributed by atoms with Gasteiger partial charge in [0.25, 0.3) is 0 Å². The Bertz CT molecular complexity index is 623. The fourth-order valence-corrected chi connectivity index (χ4v) is 3.71. The van der Waals surface area contributed by atoms with Crippen LogP contribution in [0.15, 0.2) is 24.3 Å². The molecule has 0 saturated carbocycles. The zero-order valence-electron chi connectivity index (χ0n) is 14.7. The predicted molar refractivity (Wildman–Crippen MR) is 94.6 cm³/mol. The summed E-state index contributed by atoms with van der Waals surface area (Å²) in [5, 5.41) is 2.76. The highest BCUT2D eigenvalue weighted by Gasteiger charge is 2.32. The fourth-order valence-electron chi connectivity index (χ4n) is 3.71. The van der Waals surface area contributed by atoms with E-state index in [1.807, 2.05) is 11.8 Å². The molecule has 1 N–H and O–H groups in total. The number of halogens is 1. The van der Waals surface area contributed by atoms with Crippen molar-refractivity contribution in [3.05, 3.63) is 30.1 Å². The summed E-state index contributed by atoms with van der Waals surface area (Å²) >= 11 is 0. The van der Waals surface area contributed by atoms with Crippen molar-refractivity contribution in [3.63, 3.8) is 0 Å². The monoisotopic (exact) mass is 347 g/mol. The Morgan fingerprint density at radius 1 is 1.16 bits per heavy atom. The molecule has 0 radical (unpaired) electrons. The number of carbonyl (C=O) groups excluding carboxylic acids is 2. The van der Waals surface area contributed by atoms with E-state index in [0.29, 0.717) is 5.69 Å². The molecule has 2 heterocycles. The van der Waals surface area contributed by atoms with Gasteiger partial charge in [0.2, 0.25) is 11.8 Å². The number of rotatable bonds is 4. The summed E-state index contributed by atoms with van der Waals surface area (Å²) in [4.78, 5) is 29.0. The van der Waals surface area contributed by atoms with Gasteiger partial charge in [-0.3, -0.25) is 14.5 Å². The SMILES string of the molecule is CC(C(=O)Nc1cccc(F)c1)N1CCC(C(=O)N2CCCC2)CC1. The van der Waals surface area contributed by atoms with E-state index >= 15 is 0 Å². The second kappa shape index (κ2) is 7.95. The van der Waals surface area contributed by atoms with Crippen LogP contribution < -0.4 is 5.32 Å². The van der Waals surface area contributed by atoms with Crippen molar-refractivity contribution in [2.45, 2.75) is 38.6 Å². The van der Waals surface area contributed by atoms with Gasteiger partial charge in [0.15, 0.2) is 0 Å². The zero-order chi connectivity index (χ0) is 17.8. The lowest BCUT2D eigenvalue weighted by Gasteiger charge is -2.36. The molecule has 136 valence electrons. The van der Waals surface area contributed by atoms with E-state index in [4.69, 9.17) is 0 Å². The van der Waals surface area contributed by atoms with Gasteiger partial charge in [-0.15, -0.1) is 0 Å². The highest BCUT2D eigenvalue weighted by Crippen LogP contribution is 2.23. The van der Waals surface area contributed by atoms with Gasteiger partial charge in [0.1, 0.15) is 5.82 Å². The molecule has 5 nitrogen and oxygen atoms in total. The van der Waals surface area contributed by atoms with Crippen molar-refractivity contribution in [2.24, 2.45) is 5.92 Å². The van der Waals surface area contributed by atoms with E-state index < -0.39 is 0 Å². The number of hydrogen-bond donors (Lipinski definition) is 1. The molecule has 2 aliphatic heterocycles. The van der Waals surface area contributed by atoms with Crippen LogP contribution in [0.2, 0.25) is 0 Å². The number of hydrogen-bond acceptors (Lipinski definition) is 3. The Kier molecular flexibility index (Phi) is 5.68. The largest absolute Gasteiger partial charge is 0.342 e. The number of anilines is 1. The van der Waals surface area contributed by atoms with Gasteiger partial charge < -0.3 is 10.2 Å². The van der Waals surface area contributed by atoms with E-state index in [9.17, 15) is 14.0 Å². The number of nitrogens with zero attached hydrogens (tertiary/aromatic N) is 2. The van der Waals surface area contributed by atoms with E-state index in [1.54, 1.807) is 12.1 Å². The molecular weight excluding hydrogens is 321 g/mol. The lowest BCUT2D eigenvalue weighted by molar-refractivity contribution is -0.136. The highest BCUT2D eigenvalue weighted by molar-refractivity contribution is 5.94. The molecule has 1 unspecified atom stereocenters. The Morgan fingerprint density at radius 2 is 1.84 bits per heavy atom.